The number of likely N-dealkylation sites (tertiary alicyclic amines) is 1. The number of rotatable bonds is 56. The molecule has 0 saturated carbocycles. The van der Waals surface area contributed by atoms with E-state index in [0.29, 0.717) is 0 Å². The third kappa shape index (κ3) is 35.2. The van der Waals surface area contributed by atoms with Crippen LogP contribution in [0.1, 0.15) is 151 Å². The standard InChI is InChI=1S/C72H122N6O37P2/c1-40(2)117(101,102)115-68-52(30-41(3)110-68)114-116(7,100)109-36-45-31-51(90)32-78(45)58(93)15-14-57(92)77-72(37-103-24-17-46(85)10-8-12-48(87)19-27-106-69-59(74-42(4)82)65(97)62(94)53(33-79)111-69,38-104-25-18-47(86)11-9-13-49(88)20-28-107-70-60(75-43(5)83)66(98)63(95)54(34-80)112-70)39-105-26-22-56(91)73-23-16-50(89)21-29-108-71-61(76-44(6)84)67(99)64(96)55(35-81)113-71/h40-41,45,51-55,59-71,79-81,90,94-100H,7-39H2,1-6H3,(H,73,91)(H,74,82)(H,75,83)(H,76,84)(H,77,92)(H,101,102)/t41-,45-,51+,52-,53?,54?,55?,59?,60?,61?,62-,63-,64-,65+,66+,67+,68+,69+,70+,71+,72?,116?/m0/s1. The van der Waals surface area contributed by atoms with E-state index < -0.39 is 249 Å². The molecule has 0 aromatic carbocycles. The third-order valence-corrected chi connectivity index (χ3v) is 22.5. The van der Waals surface area contributed by atoms with Crippen LogP contribution in [0.15, 0.2) is 0 Å². The molecule has 5 aliphatic rings. The van der Waals surface area contributed by atoms with E-state index in [1.807, 2.05) is 0 Å². The number of ketones is 5. The molecule has 5 aliphatic heterocycles. The van der Waals surface area contributed by atoms with Gasteiger partial charge in [0.25, 0.3) is 0 Å². The van der Waals surface area contributed by atoms with Gasteiger partial charge in [-0.15, -0.1) is 0 Å². The minimum absolute atomic E-state index is 0.0433. The fourth-order valence-electron chi connectivity index (χ4n) is 13.1. The molecule has 22 atom stereocenters. The Kier molecular flexibility index (Phi) is 44.5. The second-order valence-corrected chi connectivity index (χ2v) is 34.0. The number of hydrogen-bond donors (Lipinski definition) is 17. The first-order chi connectivity index (χ1) is 55.2. The van der Waals surface area contributed by atoms with E-state index in [4.69, 9.17) is 60.9 Å². The molecule has 0 aromatic rings. The Balaban J connectivity index is 1.26. The minimum atomic E-state index is -4.19. The van der Waals surface area contributed by atoms with Crippen molar-refractivity contribution in [2.24, 2.45) is 0 Å². The molecule has 0 radical (unpaired) electrons. The molecule has 0 aliphatic carbocycles. The smallest absolute Gasteiger partial charge is 0.333 e. The highest BCUT2D eigenvalue weighted by Gasteiger charge is 2.50. The Hall–Kier alpha value is -5.30. The number of amides is 6. The molecule has 45 heteroatoms. The molecule has 672 valence electrons. The van der Waals surface area contributed by atoms with Crippen molar-refractivity contribution in [3.05, 3.63) is 0 Å². The van der Waals surface area contributed by atoms with Gasteiger partial charge in [0.1, 0.15) is 114 Å². The molecule has 0 spiro atoms. The largest absolute Gasteiger partial charge is 0.394 e. The molecular formula is C72H122N6O37P2. The maximum Gasteiger partial charge on any atom is 0.333 e. The molecule has 17 N–H and O–H groups in total. The zero-order valence-electron chi connectivity index (χ0n) is 66.9. The Morgan fingerprint density at radius 3 is 1.28 bits per heavy atom. The molecule has 5 saturated heterocycles. The van der Waals surface area contributed by atoms with Crippen LogP contribution in [0.3, 0.4) is 0 Å². The fourth-order valence-corrected chi connectivity index (χ4v) is 14.9. The summed E-state index contributed by atoms with van der Waals surface area (Å²) in [6.45, 7) is 1.92. The van der Waals surface area contributed by atoms with E-state index in [1.165, 1.54) is 18.7 Å². The highest BCUT2D eigenvalue weighted by atomic mass is 31.2. The second kappa shape index (κ2) is 50.9. The molecule has 6 amide bonds. The first kappa shape index (κ1) is 102. The molecule has 5 rings (SSSR count). The van der Waals surface area contributed by atoms with Crippen molar-refractivity contribution in [2.75, 3.05) is 99.0 Å². The molecule has 0 bridgehead atoms. The van der Waals surface area contributed by atoms with Crippen molar-refractivity contribution in [1.29, 1.82) is 0 Å². The zero-order chi connectivity index (χ0) is 86.9. The quantitative estimate of drug-likeness (QED) is 0.0200. The number of carbonyl (C=O) groups is 11. The van der Waals surface area contributed by atoms with Crippen molar-refractivity contribution >= 4 is 85.8 Å². The summed E-state index contributed by atoms with van der Waals surface area (Å²) in [6, 6.07) is -4.63. The van der Waals surface area contributed by atoms with Gasteiger partial charge >= 0.3 is 7.60 Å². The summed E-state index contributed by atoms with van der Waals surface area (Å²) < 4.78 is 87.0. The van der Waals surface area contributed by atoms with Crippen LogP contribution in [0.5, 0.6) is 0 Å². The van der Waals surface area contributed by atoms with Gasteiger partial charge in [-0.2, -0.15) is 0 Å². The van der Waals surface area contributed by atoms with Gasteiger partial charge in [-0.1, -0.05) is 13.8 Å². The lowest BCUT2D eigenvalue weighted by Crippen LogP contribution is -2.64. The lowest BCUT2D eigenvalue weighted by atomic mass is 9.97. The number of aliphatic hydroxyl groups is 10. The number of aliphatic hydroxyl groups excluding tert-OH is 10. The van der Waals surface area contributed by atoms with Gasteiger partial charge in [0.15, 0.2) is 25.2 Å². The van der Waals surface area contributed by atoms with Gasteiger partial charge < -0.3 is 149 Å². The highest BCUT2D eigenvalue weighted by Crippen LogP contribution is 2.53. The van der Waals surface area contributed by atoms with Crippen molar-refractivity contribution < 1.29 is 179 Å². The predicted octanol–water partition coefficient (Wildman–Crippen LogP) is -5.12. The topological polar surface area (TPSA) is 631 Å². The van der Waals surface area contributed by atoms with E-state index >= 15 is 0 Å². The minimum Gasteiger partial charge on any atom is -0.394 e. The Bertz CT molecular complexity index is 3070. The summed E-state index contributed by atoms with van der Waals surface area (Å²) in [4.78, 5) is 166. The average Bonchev–Trinajstić information content (AvgIpc) is 1.65. The third-order valence-electron chi connectivity index (χ3n) is 19.5. The summed E-state index contributed by atoms with van der Waals surface area (Å²) in [5, 5.41) is 115. The van der Waals surface area contributed by atoms with Crippen LogP contribution in [0.2, 0.25) is 0 Å². The Morgan fingerprint density at radius 1 is 0.496 bits per heavy atom. The normalized spacial score (nSPS) is 29.5. The number of nitrogens with one attached hydrogen (secondary N) is 5. The van der Waals surface area contributed by atoms with E-state index in [0.717, 1.165) is 20.8 Å². The van der Waals surface area contributed by atoms with Gasteiger partial charge in [0.05, 0.1) is 110 Å². The molecule has 8 unspecified atom stereocenters. The van der Waals surface area contributed by atoms with Gasteiger partial charge in [0, 0.05) is 124 Å². The lowest BCUT2D eigenvalue weighted by molar-refractivity contribution is -0.269. The molecule has 43 nitrogen and oxygen atoms in total. The van der Waals surface area contributed by atoms with Crippen molar-refractivity contribution in [3.63, 3.8) is 0 Å². The van der Waals surface area contributed by atoms with Gasteiger partial charge in [-0.05, 0) is 32.5 Å². The SMILES string of the molecule is C=P(O)(OC[C@@H]1C[C@@H](O)CN1C(=O)CCC(=O)NC(COCCC(=O)CCCC(=O)CCO[C@@H]1OC(CO)[C@H](O)[C@H](O)C1NC(C)=O)(COCCC(=O)CCCC(=O)CCO[C@@H]1OC(CO)[C@H](O)[C@H](O)C1NC(C)=O)COCCC(=O)NCCC(=O)CCO[C@@H]1OC(CO)[C@H](O)[C@H](O)C1NC(C)=O)O[C@H]1C[C@H](C)O[C@@H]1OP(=O)(O)C(C)C. The van der Waals surface area contributed by atoms with Gasteiger partial charge in [-0.25, -0.2) is 0 Å². The first-order valence-corrected chi connectivity index (χ1v) is 42.5. The van der Waals surface area contributed by atoms with E-state index in [-0.39, 0.29) is 172 Å². The highest BCUT2D eigenvalue weighted by molar-refractivity contribution is 7.58. The molecule has 5 fully saturated rings. The molecule has 117 heavy (non-hydrogen) atoms. The second-order valence-electron chi connectivity index (χ2n) is 29.9. The van der Waals surface area contributed by atoms with Crippen LogP contribution < -0.4 is 26.6 Å². The van der Waals surface area contributed by atoms with E-state index in [1.54, 1.807) is 6.92 Å². The number of ether oxygens (including phenoxy) is 10. The van der Waals surface area contributed by atoms with E-state index in [2.05, 4.69) is 32.9 Å². The summed E-state index contributed by atoms with van der Waals surface area (Å²) in [6.07, 6.45) is -20.4. The number of Topliss-reactive ketones (excluding diaryl/α,β-unsaturated/α-hetero) is 5. The number of carbonyl (C=O) groups excluding carboxylic acids is 11. The van der Waals surface area contributed by atoms with Crippen LogP contribution in [-0.2, 0) is 118 Å². The number of β-amino-alcohol motifs (C(OH)–C–C–N with tert-alkyl or cyclic N) is 1. The lowest BCUT2D eigenvalue weighted by Gasteiger charge is -2.42. The van der Waals surface area contributed by atoms with Crippen LogP contribution in [-0.4, -0.2) is 369 Å². The maximum atomic E-state index is 14.4. The van der Waals surface area contributed by atoms with Crippen LogP contribution >= 0.6 is 15.2 Å². The summed E-state index contributed by atoms with van der Waals surface area (Å²) in [5.41, 5.74) is -2.57. The van der Waals surface area contributed by atoms with Gasteiger partial charge in [-0.3, -0.25) is 61.8 Å². The van der Waals surface area contributed by atoms with Crippen molar-refractivity contribution in [1.82, 2.24) is 31.5 Å². The predicted molar refractivity (Wildman–Crippen MR) is 403 cm³/mol. The number of nitrogens with zero attached hydrogens (tertiary/aromatic N) is 1. The Labute approximate surface area is 677 Å². The van der Waals surface area contributed by atoms with Crippen LogP contribution in [0, 0.1) is 0 Å². The number of hydrogen-bond acceptors (Lipinski definition) is 36. The summed E-state index contributed by atoms with van der Waals surface area (Å²) >= 11 is 0. The van der Waals surface area contributed by atoms with Crippen molar-refractivity contribution in [3.8, 4) is 0 Å². The monoisotopic (exact) mass is 1720 g/mol. The molecule has 5 heterocycles. The van der Waals surface area contributed by atoms with E-state index in [9.17, 15) is 118 Å². The van der Waals surface area contributed by atoms with Crippen molar-refractivity contribution in [2.45, 2.75) is 284 Å². The van der Waals surface area contributed by atoms with Crippen LogP contribution in [0.4, 0.5) is 0 Å². The maximum absolute atomic E-state index is 14.4. The molecular weight excluding hydrogens is 1600 g/mol. The zero-order valence-corrected chi connectivity index (χ0v) is 68.7. The molecule has 0 aromatic heterocycles. The summed E-state index contributed by atoms with van der Waals surface area (Å²) in [5.74, 6) is -5.60. The van der Waals surface area contributed by atoms with Gasteiger partial charge in [0.2, 0.25) is 43.0 Å². The Morgan fingerprint density at radius 2 is 0.889 bits per heavy atom. The first-order valence-electron chi connectivity index (χ1n) is 39.1. The average molecular weight is 1730 g/mol. The fraction of sp³-hybridized carbons (Fsp3) is 0.833. The van der Waals surface area contributed by atoms with Crippen LogP contribution in [0.25, 0.3) is 0 Å². The summed E-state index contributed by atoms with van der Waals surface area (Å²) in [7, 11) is -8.24.